The molecule has 110 valence electrons. The summed E-state index contributed by atoms with van der Waals surface area (Å²) in [7, 11) is 0. The number of para-hydroxylation sites is 1. The number of carboxylic acid groups (broad SMARTS) is 1. The van der Waals surface area contributed by atoms with Crippen LogP contribution in [0, 0.1) is 6.92 Å². The van der Waals surface area contributed by atoms with Crippen LogP contribution in [0.3, 0.4) is 0 Å². The Labute approximate surface area is 125 Å². The fraction of sp³-hybridized carbons (Fsp3) is 0.143. The molecule has 1 aromatic carbocycles. The molecule has 4 N–H and O–H groups in total. The first-order valence-corrected chi connectivity index (χ1v) is 7.05. The van der Waals surface area contributed by atoms with Gasteiger partial charge >= 0.3 is 12.0 Å². The number of aryl methyl sites for hydroxylation is 1. The standard InChI is InChI=1S/C14H14N2O4S/c1-8-6-21-7-9(8)5-15-14(20)16-11-4-2-3-10(12(11)17)13(18)19/h2-4,6-7,17H,5H2,1H3,(H,18,19)(H2,15,16,20). The van der Waals surface area contributed by atoms with Crippen molar-refractivity contribution in [2.45, 2.75) is 13.5 Å². The molecule has 0 aliphatic heterocycles. The summed E-state index contributed by atoms with van der Waals surface area (Å²) in [6.45, 7) is 2.31. The predicted molar refractivity (Wildman–Crippen MR) is 80.0 cm³/mol. The Kier molecular flexibility index (Phi) is 4.44. The molecule has 1 heterocycles. The molecule has 0 saturated heterocycles. The second-order valence-corrected chi connectivity index (χ2v) is 5.14. The van der Waals surface area contributed by atoms with E-state index in [-0.39, 0.29) is 11.3 Å². The Bertz CT molecular complexity index is 681. The minimum atomic E-state index is -1.26. The zero-order valence-electron chi connectivity index (χ0n) is 11.2. The van der Waals surface area contributed by atoms with Crippen LogP contribution < -0.4 is 10.6 Å². The average Bonchev–Trinajstić information content (AvgIpc) is 2.84. The molecule has 0 saturated carbocycles. The number of hydrogen-bond donors (Lipinski definition) is 4. The molecule has 0 atom stereocenters. The lowest BCUT2D eigenvalue weighted by atomic mass is 10.1. The number of benzene rings is 1. The summed E-state index contributed by atoms with van der Waals surface area (Å²) in [6.07, 6.45) is 0. The molecule has 7 heteroatoms. The highest BCUT2D eigenvalue weighted by Gasteiger charge is 2.14. The van der Waals surface area contributed by atoms with Crippen LogP contribution in [0.4, 0.5) is 10.5 Å². The van der Waals surface area contributed by atoms with Crippen molar-refractivity contribution < 1.29 is 19.8 Å². The summed E-state index contributed by atoms with van der Waals surface area (Å²) >= 11 is 1.55. The quantitative estimate of drug-likeness (QED) is 0.653. The van der Waals surface area contributed by atoms with Crippen LogP contribution in [0.15, 0.2) is 29.0 Å². The van der Waals surface area contributed by atoms with Crippen molar-refractivity contribution in [1.29, 1.82) is 0 Å². The first-order chi connectivity index (χ1) is 9.99. The number of rotatable bonds is 4. The Hall–Kier alpha value is -2.54. The van der Waals surface area contributed by atoms with Crippen molar-refractivity contribution in [3.05, 3.63) is 45.6 Å². The van der Waals surface area contributed by atoms with E-state index in [1.807, 2.05) is 17.7 Å². The summed E-state index contributed by atoms with van der Waals surface area (Å²) in [4.78, 5) is 22.7. The van der Waals surface area contributed by atoms with E-state index >= 15 is 0 Å². The number of carbonyl (C=O) groups excluding carboxylic acids is 1. The molecule has 6 nitrogen and oxygen atoms in total. The Balaban J connectivity index is 2.01. The van der Waals surface area contributed by atoms with Gasteiger partial charge < -0.3 is 20.8 Å². The molecular formula is C14H14N2O4S. The van der Waals surface area contributed by atoms with E-state index in [1.54, 1.807) is 11.3 Å². The molecule has 0 aliphatic carbocycles. The Morgan fingerprint density at radius 3 is 2.67 bits per heavy atom. The van der Waals surface area contributed by atoms with Crippen molar-refractivity contribution in [3.63, 3.8) is 0 Å². The normalized spacial score (nSPS) is 10.1. The fourth-order valence-electron chi connectivity index (χ4n) is 1.73. The van der Waals surface area contributed by atoms with Gasteiger partial charge in [-0.2, -0.15) is 11.3 Å². The minimum Gasteiger partial charge on any atom is -0.505 e. The number of aromatic hydroxyl groups is 1. The maximum atomic E-state index is 11.8. The highest BCUT2D eigenvalue weighted by Crippen LogP contribution is 2.27. The zero-order chi connectivity index (χ0) is 15.4. The van der Waals surface area contributed by atoms with Crippen molar-refractivity contribution in [1.82, 2.24) is 5.32 Å². The van der Waals surface area contributed by atoms with Gasteiger partial charge in [-0.15, -0.1) is 0 Å². The number of phenols is 1. The number of urea groups is 1. The van der Waals surface area contributed by atoms with E-state index < -0.39 is 17.7 Å². The van der Waals surface area contributed by atoms with Crippen LogP contribution in [0.2, 0.25) is 0 Å². The van der Waals surface area contributed by atoms with Gasteiger partial charge in [-0.1, -0.05) is 6.07 Å². The van der Waals surface area contributed by atoms with E-state index in [4.69, 9.17) is 5.11 Å². The van der Waals surface area contributed by atoms with Crippen molar-refractivity contribution in [3.8, 4) is 5.75 Å². The van der Waals surface area contributed by atoms with Crippen LogP contribution in [-0.2, 0) is 6.54 Å². The van der Waals surface area contributed by atoms with Crippen molar-refractivity contribution in [2.24, 2.45) is 0 Å². The summed E-state index contributed by atoms with van der Waals surface area (Å²) in [5, 5.41) is 27.7. The van der Waals surface area contributed by atoms with Gasteiger partial charge in [0.25, 0.3) is 0 Å². The van der Waals surface area contributed by atoms with E-state index in [2.05, 4.69) is 10.6 Å². The van der Waals surface area contributed by atoms with Crippen molar-refractivity contribution >= 4 is 29.0 Å². The Morgan fingerprint density at radius 2 is 2.05 bits per heavy atom. The second-order valence-electron chi connectivity index (χ2n) is 4.39. The first-order valence-electron chi connectivity index (χ1n) is 6.11. The summed E-state index contributed by atoms with van der Waals surface area (Å²) in [6, 6.07) is 3.62. The number of carboxylic acids is 1. The predicted octanol–water partition coefficient (Wildman–Crippen LogP) is 2.78. The minimum absolute atomic E-state index is 0.0504. The van der Waals surface area contributed by atoms with E-state index in [0.717, 1.165) is 11.1 Å². The van der Waals surface area contributed by atoms with Gasteiger partial charge in [0.1, 0.15) is 5.56 Å². The maximum Gasteiger partial charge on any atom is 0.339 e. The van der Waals surface area contributed by atoms with Gasteiger partial charge in [0.15, 0.2) is 5.75 Å². The van der Waals surface area contributed by atoms with Crippen LogP contribution in [0.25, 0.3) is 0 Å². The highest BCUT2D eigenvalue weighted by molar-refractivity contribution is 7.08. The third kappa shape index (κ3) is 3.51. The molecule has 21 heavy (non-hydrogen) atoms. The lowest BCUT2D eigenvalue weighted by molar-refractivity contribution is 0.0693. The summed E-state index contributed by atoms with van der Waals surface area (Å²) in [5.41, 5.74) is 1.89. The summed E-state index contributed by atoms with van der Waals surface area (Å²) in [5.74, 6) is -1.72. The lowest BCUT2D eigenvalue weighted by Gasteiger charge is -2.10. The molecule has 0 spiro atoms. The van der Waals surface area contributed by atoms with Gasteiger partial charge in [-0.05, 0) is 40.9 Å². The molecule has 0 bridgehead atoms. The number of aromatic carboxylic acids is 1. The number of hydrogen-bond acceptors (Lipinski definition) is 4. The van der Waals surface area contributed by atoms with E-state index in [0.29, 0.717) is 6.54 Å². The molecule has 2 aromatic rings. The van der Waals surface area contributed by atoms with Crippen LogP contribution >= 0.6 is 11.3 Å². The molecule has 1 aromatic heterocycles. The van der Waals surface area contributed by atoms with Crippen molar-refractivity contribution in [2.75, 3.05) is 5.32 Å². The molecule has 0 unspecified atom stereocenters. The van der Waals surface area contributed by atoms with Gasteiger partial charge in [0.05, 0.1) is 5.69 Å². The number of anilines is 1. The number of carbonyl (C=O) groups is 2. The van der Waals surface area contributed by atoms with Crippen LogP contribution in [-0.4, -0.2) is 22.2 Å². The second kappa shape index (κ2) is 6.27. The highest BCUT2D eigenvalue weighted by atomic mass is 32.1. The SMILES string of the molecule is Cc1cscc1CNC(=O)Nc1cccc(C(=O)O)c1O. The molecule has 0 aliphatic rings. The van der Waals surface area contributed by atoms with E-state index in [1.165, 1.54) is 18.2 Å². The molecule has 2 rings (SSSR count). The number of nitrogens with one attached hydrogen (secondary N) is 2. The molecule has 2 amide bonds. The first kappa shape index (κ1) is 14.9. The smallest absolute Gasteiger partial charge is 0.339 e. The zero-order valence-corrected chi connectivity index (χ0v) is 12.0. The molecule has 0 fully saturated rings. The number of thiophene rings is 1. The van der Waals surface area contributed by atoms with Gasteiger partial charge in [0.2, 0.25) is 0 Å². The average molecular weight is 306 g/mol. The third-order valence-electron chi connectivity index (χ3n) is 2.92. The molecular weight excluding hydrogens is 292 g/mol. The summed E-state index contributed by atoms with van der Waals surface area (Å²) < 4.78 is 0. The van der Waals surface area contributed by atoms with Crippen LogP contribution in [0.5, 0.6) is 5.75 Å². The van der Waals surface area contributed by atoms with Gasteiger partial charge in [-0.3, -0.25) is 0 Å². The van der Waals surface area contributed by atoms with E-state index in [9.17, 15) is 14.7 Å². The van der Waals surface area contributed by atoms with Gasteiger partial charge in [-0.25, -0.2) is 9.59 Å². The number of amides is 2. The third-order valence-corrected chi connectivity index (χ3v) is 3.83. The largest absolute Gasteiger partial charge is 0.505 e. The monoisotopic (exact) mass is 306 g/mol. The fourth-order valence-corrected chi connectivity index (χ4v) is 2.58. The topological polar surface area (TPSA) is 98.7 Å². The van der Waals surface area contributed by atoms with Gasteiger partial charge in [0, 0.05) is 6.54 Å². The maximum absolute atomic E-state index is 11.8. The Morgan fingerprint density at radius 1 is 1.29 bits per heavy atom. The molecule has 0 radical (unpaired) electrons. The van der Waals surface area contributed by atoms with Crippen LogP contribution in [0.1, 0.15) is 21.5 Å². The lowest BCUT2D eigenvalue weighted by Crippen LogP contribution is -2.28.